The molecule has 0 unspecified atom stereocenters. The second kappa shape index (κ2) is 9.16. The summed E-state index contributed by atoms with van der Waals surface area (Å²) in [6, 6.07) is 10.2. The molecule has 0 atom stereocenters. The summed E-state index contributed by atoms with van der Waals surface area (Å²) in [4.78, 5) is 28.9. The molecule has 1 saturated heterocycles. The first-order chi connectivity index (χ1) is 16.2. The summed E-state index contributed by atoms with van der Waals surface area (Å²) in [5.41, 5.74) is 0.248. The summed E-state index contributed by atoms with van der Waals surface area (Å²) in [6.07, 6.45) is -3.39. The maximum atomic E-state index is 13.3. The quantitative estimate of drug-likeness (QED) is 0.582. The third-order valence-electron chi connectivity index (χ3n) is 5.68. The predicted molar refractivity (Wildman–Crippen MR) is 116 cm³/mol. The first-order valence-corrected chi connectivity index (χ1v) is 10.5. The van der Waals surface area contributed by atoms with Crippen molar-refractivity contribution in [2.45, 2.75) is 13.1 Å². The fraction of sp³-hybridized carbons (Fsp3) is 0.304. The molecule has 0 spiro atoms. The highest BCUT2D eigenvalue weighted by molar-refractivity contribution is 5.95. The van der Waals surface area contributed by atoms with Crippen LogP contribution in [-0.4, -0.2) is 69.9 Å². The van der Waals surface area contributed by atoms with Crippen molar-refractivity contribution in [1.29, 1.82) is 0 Å². The molecule has 3 aromatic rings. The van der Waals surface area contributed by atoms with Crippen LogP contribution in [0.3, 0.4) is 0 Å². The molecule has 0 N–H and O–H groups in total. The summed E-state index contributed by atoms with van der Waals surface area (Å²) < 4.78 is 46.1. The van der Waals surface area contributed by atoms with Crippen molar-refractivity contribution in [2.24, 2.45) is 0 Å². The van der Waals surface area contributed by atoms with Crippen LogP contribution in [-0.2, 0) is 6.18 Å². The normalized spacial score (nSPS) is 14.3. The summed E-state index contributed by atoms with van der Waals surface area (Å²) in [5.74, 6) is -0.00482. The fourth-order valence-electron chi connectivity index (χ4n) is 3.80. The molecule has 1 aliphatic rings. The highest BCUT2D eigenvalue weighted by atomic mass is 19.4. The monoisotopic (exact) mass is 473 g/mol. The van der Waals surface area contributed by atoms with Gasteiger partial charge in [0.2, 0.25) is 0 Å². The zero-order valence-electron chi connectivity index (χ0n) is 18.5. The van der Waals surface area contributed by atoms with Crippen LogP contribution < -0.4 is 4.74 Å². The van der Waals surface area contributed by atoms with Crippen LogP contribution in [0.5, 0.6) is 5.75 Å². The van der Waals surface area contributed by atoms with Gasteiger partial charge in [0.05, 0.1) is 24.6 Å². The first kappa shape index (κ1) is 23.3. The van der Waals surface area contributed by atoms with Gasteiger partial charge in [0.1, 0.15) is 5.75 Å². The van der Waals surface area contributed by atoms with E-state index in [2.05, 4.69) is 10.3 Å². The second-order valence-corrected chi connectivity index (χ2v) is 7.83. The van der Waals surface area contributed by atoms with Crippen LogP contribution in [0, 0.1) is 6.92 Å². The molecule has 1 fully saturated rings. The third kappa shape index (κ3) is 4.59. The van der Waals surface area contributed by atoms with Gasteiger partial charge in [-0.1, -0.05) is 23.4 Å². The Morgan fingerprint density at radius 2 is 1.62 bits per heavy atom. The topological polar surface area (TPSA) is 80.6 Å². The van der Waals surface area contributed by atoms with Crippen LogP contribution in [0.2, 0.25) is 0 Å². The summed E-state index contributed by atoms with van der Waals surface area (Å²) in [6.45, 7) is 3.03. The number of aromatic nitrogens is 3. The van der Waals surface area contributed by atoms with Gasteiger partial charge in [-0.2, -0.15) is 13.2 Å². The van der Waals surface area contributed by atoms with E-state index in [0.717, 1.165) is 16.3 Å². The lowest BCUT2D eigenvalue weighted by atomic mass is 10.1. The minimum absolute atomic E-state index is 0.0694. The number of amides is 2. The molecule has 0 aliphatic carbocycles. The molecular formula is C23H22F3N5O3. The van der Waals surface area contributed by atoms with Crippen molar-refractivity contribution in [1.82, 2.24) is 24.8 Å². The Morgan fingerprint density at radius 1 is 0.971 bits per heavy atom. The summed E-state index contributed by atoms with van der Waals surface area (Å²) >= 11 is 0. The Labute approximate surface area is 193 Å². The van der Waals surface area contributed by atoms with Gasteiger partial charge in [-0.25, -0.2) is 4.68 Å². The average Bonchev–Trinajstić information content (AvgIpc) is 3.33. The van der Waals surface area contributed by atoms with Gasteiger partial charge < -0.3 is 14.5 Å². The Kier molecular flexibility index (Phi) is 6.27. The number of hydrogen-bond acceptors (Lipinski definition) is 5. The number of piperazine rings is 1. The largest absolute Gasteiger partial charge is 0.496 e. The van der Waals surface area contributed by atoms with Crippen molar-refractivity contribution in [2.75, 3.05) is 33.3 Å². The van der Waals surface area contributed by atoms with Crippen LogP contribution in [0.25, 0.3) is 5.69 Å². The van der Waals surface area contributed by atoms with Gasteiger partial charge in [-0.3, -0.25) is 9.59 Å². The number of rotatable bonds is 4. The van der Waals surface area contributed by atoms with Gasteiger partial charge in [-0.15, -0.1) is 5.10 Å². The number of aryl methyl sites for hydroxylation is 1. The Morgan fingerprint density at radius 3 is 2.26 bits per heavy atom. The van der Waals surface area contributed by atoms with Gasteiger partial charge in [-0.05, 0) is 36.8 Å². The van der Waals surface area contributed by atoms with Gasteiger partial charge in [0.25, 0.3) is 11.8 Å². The maximum absolute atomic E-state index is 13.3. The molecule has 2 heterocycles. The Hall–Kier alpha value is -3.89. The number of methoxy groups -OCH3 is 1. The van der Waals surface area contributed by atoms with Crippen molar-refractivity contribution in [3.05, 3.63) is 71.0 Å². The highest BCUT2D eigenvalue weighted by Gasteiger charge is 2.34. The number of ether oxygens (including phenoxy) is 1. The molecule has 1 aromatic heterocycles. The van der Waals surface area contributed by atoms with E-state index in [1.165, 1.54) is 29.3 Å². The van der Waals surface area contributed by atoms with Crippen LogP contribution in [0.15, 0.2) is 48.7 Å². The van der Waals surface area contributed by atoms with Crippen LogP contribution in [0.1, 0.15) is 32.0 Å². The number of halogens is 3. The highest BCUT2D eigenvalue weighted by Crippen LogP contribution is 2.33. The fourth-order valence-corrected chi connectivity index (χ4v) is 3.80. The average molecular weight is 473 g/mol. The minimum Gasteiger partial charge on any atom is -0.496 e. The lowest BCUT2D eigenvalue weighted by Gasteiger charge is -2.34. The molecule has 11 heteroatoms. The van der Waals surface area contributed by atoms with E-state index in [1.807, 2.05) is 13.0 Å². The van der Waals surface area contributed by atoms with E-state index >= 15 is 0 Å². The van der Waals surface area contributed by atoms with Crippen molar-refractivity contribution < 1.29 is 27.5 Å². The molecule has 0 radical (unpaired) electrons. The van der Waals surface area contributed by atoms with E-state index in [9.17, 15) is 22.8 Å². The summed E-state index contributed by atoms with van der Waals surface area (Å²) in [5, 5.41) is 7.51. The van der Waals surface area contributed by atoms with Gasteiger partial charge in [0, 0.05) is 31.7 Å². The molecule has 4 rings (SSSR count). The predicted octanol–water partition coefficient (Wildman–Crippen LogP) is 3.20. The molecule has 0 saturated carbocycles. The van der Waals surface area contributed by atoms with E-state index in [-0.39, 0.29) is 30.4 Å². The second-order valence-electron chi connectivity index (χ2n) is 7.83. The maximum Gasteiger partial charge on any atom is 0.418 e. The van der Waals surface area contributed by atoms with Crippen LogP contribution in [0.4, 0.5) is 13.2 Å². The zero-order chi connectivity index (χ0) is 24.5. The number of benzene rings is 2. The number of carbonyl (C=O) groups is 2. The smallest absolute Gasteiger partial charge is 0.418 e. The Balaban J connectivity index is 1.43. The molecule has 178 valence electrons. The van der Waals surface area contributed by atoms with E-state index in [0.29, 0.717) is 24.4 Å². The lowest BCUT2D eigenvalue weighted by molar-refractivity contribution is -0.137. The van der Waals surface area contributed by atoms with Crippen molar-refractivity contribution in [3.8, 4) is 11.4 Å². The molecule has 8 nitrogen and oxygen atoms in total. The third-order valence-corrected chi connectivity index (χ3v) is 5.68. The summed E-state index contributed by atoms with van der Waals surface area (Å²) in [7, 11) is 1.54. The number of alkyl halides is 3. The SMILES string of the molecule is COc1cc(C(=O)N2CCN(C(=O)c3cn(-c4ccccc4C(F)(F)F)nn3)CC2)ccc1C. The molecule has 2 amide bonds. The Bertz CT molecular complexity index is 1220. The van der Waals surface area contributed by atoms with E-state index < -0.39 is 17.6 Å². The lowest BCUT2D eigenvalue weighted by Crippen LogP contribution is -2.50. The van der Waals surface area contributed by atoms with E-state index in [1.54, 1.807) is 24.1 Å². The van der Waals surface area contributed by atoms with Gasteiger partial charge >= 0.3 is 6.18 Å². The van der Waals surface area contributed by atoms with E-state index in [4.69, 9.17) is 4.74 Å². The van der Waals surface area contributed by atoms with Crippen molar-refractivity contribution in [3.63, 3.8) is 0 Å². The number of carbonyl (C=O) groups excluding carboxylic acids is 2. The first-order valence-electron chi connectivity index (χ1n) is 10.5. The van der Waals surface area contributed by atoms with Crippen LogP contribution >= 0.6 is 0 Å². The van der Waals surface area contributed by atoms with Gasteiger partial charge in [0.15, 0.2) is 5.69 Å². The standard InChI is InChI=1S/C23H22F3N5O3/c1-15-7-8-16(13-20(15)34-2)21(32)29-9-11-30(12-10-29)22(33)18-14-31(28-27-18)19-6-4-3-5-17(19)23(24,25)26/h3-8,13-14H,9-12H2,1-2H3. The number of para-hydroxylation sites is 1. The number of hydrogen-bond donors (Lipinski definition) is 0. The molecular weight excluding hydrogens is 451 g/mol. The number of nitrogens with zero attached hydrogens (tertiary/aromatic N) is 5. The molecule has 2 aromatic carbocycles. The molecule has 1 aliphatic heterocycles. The molecule has 34 heavy (non-hydrogen) atoms. The zero-order valence-corrected chi connectivity index (χ0v) is 18.5. The molecule has 0 bridgehead atoms. The van der Waals surface area contributed by atoms with Crippen molar-refractivity contribution >= 4 is 11.8 Å². The minimum atomic E-state index is -4.57.